The largest absolute Gasteiger partial charge is 0.444 e. The molecular weight excluding hydrogens is 544 g/mol. The minimum atomic E-state index is -1.13. The van der Waals surface area contributed by atoms with Crippen LogP contribution >= 0.6 is 0 Å². The molecule has 0 radical (unpaired) electrons. The number of carbonyl (C=O) groups excluding carboxylic acids is 4. The van der Waals surface area contributed by atoms with Crippen molar-refractivity contribution in [3.05, 3.63) is 64.2 Å². The van der Waals surface area contributed by atoms with E-state index in [4.69, 9.17) is 10.5 Å². The zero-order valence-electron chi connectivity index (χ0n) is 27.1. The van der Waals surface area contributed by atoms with Crippen molar-refractivity contribution in [2.45, 2.75) is 112 Å². The molecule has 0 aromatic heterocycles. The van der Waals surface area contributed by atoms with Gasteiger partial charge in [0.15, 0.2) is 0 Å². The summed E-state index contributed by atoms with van der Waals surface area (Å²) in [6.07, 6.45) is 2.56. The lowest BCUT2D eigenvalue weighted by Gasteiger charge is -2.35. The second-order valence-corrected chi connectivity index (χ2v) is 12.3. The summed E-state index contributed by atoms with van der Waals surface area (Å²) in [7, 11) is 0. The third kappa shape index (κ3) is 11.0. The van der Waals surface area contributed by atoms with E-state index in [2.05, 4.69) is 17.6 Å². The number of rotatable bonds is 14. The summed E-state index contributed by atoms with van der Waals surface area (Å²) in [6.45, 7) is 15.3. The lowest BCUT2D eigenvalue weighted by Crippen LogP contribution is -2.53. The predicted molar refractivity (Wildman–Crippen MR) is 171 cm³/mol. The van der Waals surface area contributed by atoms with E-state index in [-0.39, 0.29) is 25.3 Å². The lowest BCUT2D eigenvalue weighted by molar-refractivity contribution is -0.141. The highest BCUT2D eigenvalue weighted by atomic mass is 16.6. The van der Waals surface area contributed by atoms with Crippen molar-refractivity contribution in [2.24, 2.45) is 5.73 Å². The van der Waals surface area contributed by atoms with Gasteiger partial charge in [-0.1, -0.05) is 68.1 Å². The summed E-state index contributed by atoms with van der Waals surface area (Å²) in [5.74, 6) is -1.44. The van der Waals surface area contributed by atoms with Gasteiger partial charge in [-0.15, -0.1) is 0 Å². The number of carbonyl (C=O) groups is 4. The van der Waals surface area contributed by atoms with Crippen LogP contribution in [0.2, 0.25) is 0 Å². The third-order valence-corrected chi connectivity index (χ3v) is 7.21. The highest BCUT2D eigenvalue weighted by Crippen LogP contribution is 2.30. The number of amides is 4. The maximum absolute atomic E-state index is 14.4. The first kappa shape index (κ1) is 35.3. The second kappa shape index (κ2) is 16.1. The number of alkyl carbamates (subject to hydrolysis) is 1. The van der Waals surface area contributed by atoms with Crippen LogP contribution in [0.3, 0.4) is 0 Å². The fourth-order valence-electron chi connectivity index (χ4n) is 5.06. The Kier molecular flexibility index (Phi) is 13.2. The normalized spacial score (nSPS) is 12.7. The Bertz CT molecular complexity index is 1260. The number of hydrogen-bond acceptors (Lipinski definition) is 5. The number of nitrogens with zero attached hydrogens (tertiary/aromatic N) is 1. The zero-order chi connectivity index (χ0) is 32.3. The van der Waals surface area contributed by atoms with Crippen molar-refractivity contribution in [1.82, 2.24) is 10.2 Å². The monoisotopic (exact) mass is 594 g/mol. The predicted octanol–water partition coefficient (Wildman–Crippen LogP) is 6.17. The molecule has 2 atom stereocenters. The molecule has 0 aliphatic rings. The van der Waals surface area contributed by atoms with Gasteiger partial charge in [-0.25, -0.2) is 4.79 Å². The fourth-order valence-corrected chi connectivity index (χ4v) is 5.06. The van der Waals surface area contributed by atoms with Gasteiger partial charge in [-0.2, -0.15) is 0 Å². The van der Waals surface area contributed by atoms with Gasteiger partial charge < -0.3 is 26.0 Å². The molecule has 9 heteroatoms. The first-order valence-electron chi connectivity index (χ1n) is 15.2. The van der Waals surface area contributed by atoms with Crippen LogP contribution in [0.4, 0.5) is 10.5 Å². The van der Waals surface area contributed by atoms with Gasteiger partial charge in [0.25, 0.3) is 5.91 Å². The van der Waals surface area contributed by atoms with E-state index in [1.807, 2.05) is 64.1 Å². The van der Waals surface area contributed by atoms with Crippen molar-refractivity contribution < 1.29 is 23.9 Å². The molecule has 43 heavy (non-hydrogen) atoms. The Balaban J connectivity index is 2.64. The molecule has 0 heterocycles. The van der Waals surface area contributed by atoms with Crippen LogP contribution in [0.15, 0.2) is 36.4 Å². The van der Waals surface area contributed by atoms with E-state index in [1.54, 1.807) is 25.7 Å². The van der Waals surface area contributed by atoms with Crippen LogP contribution in [0.1, 0.15) is 100 Å². The Hall–Kier alpha value is -3.88. The van der Waals surface area contributed by atoms with Crippen LogP contribution in [0.5, 0.6) is 0 Å². The average Bonchev–Trinajstić information content (AvgIpc) is 2.89. The quantitative estimate of drug-likeness (QED) is 0.225. The molecule has 4 amide bonds. The van der Waals surface area contributed by atoms with Crippen LogP contribution in [-0.4, -0.2) is 46.9 Å². The number of hydrogen-bond donors (Lipinski definition) is 3. The number of ether oxygens (including phenoxy) is 1. The molecule has 236 valence electrons. The topological polar surface area (TPSA) is 131 Å². The van der Waals surface area contributed by atoms with Gasteiger partial charge in [-0.05, 0) is 83.6 Å². The standard InChI is InChI=1S/C34H50N4O5/c1-9-10-11-12-20-38(32(41)27(18-19-28(35)39)36-33(42)43-34(6,7)8)30(26-17-16-22(2)21-25(26)5)31(40)37-29-23(3)14-13-15-24(29)4/h13-17,21,27,30H,9-12,18-20H2,1-8H3,(H2,35,39)(H,36,42)(H,37,40). The molecule has 0 bridgehead atoms. The summed E-state index contributed by atoms with van der Waals surface area (Å²) in [6, 6.07) is 9.44. The van der Waals surface area contributed by atoms with Crippen LogP contribution in [-0.2, 0) is 19.1 Å². The minimum absolute atomic E-state index is 0.0308. The second-order valence-electron chi connectivity index (χ2n) is 12.3. The summed E-state index contributed by atoms with van der Waals surface area (Å²) in [5, 5.41) is 5.75. The molecule has 2 aromatic rings. The highest BCUT2D eigenvalue weighted by molar-refractivity contribution is 6.00. The molecule has 9 nitrogen and oxygen atoms in total. The minimum Gasteiger partial charge on any atom is -0.444 e. The molecule has 2 rings (SSSR count). The number of unbranched alkanes of at least 4 members (excludes halogenated alkanes) is 3. The van der Waals surface area contributed by atoms with Crippen molar-refractivity contribution in [3.8, 4) is 0 Å². The Morgan fingerprint density at radius 3 is 2.14 bits per heavy atom. The van der Waals surface area contributed by atoms with Crippen LogP contribution in [0, 0.1) is 27.7 Å². The summed E-state index contributed by atoms with van der Waals surface area (Å²) < 4.78 is 5.43. The third-order valence-electron chi connectivity index (χ3n) is 7.21. The average molecular weight is 595 g/mol. The van der Waals surface area contributed by atoms with E-state index in [0.29, 0.717) is 17.7 Å². The van der Waals surface area contributed by atoms with Gasteiger partial charge in [0, 0.05) is 18.7 Å². The fraction of sp³-hybridized carbons (Fsp3) is 0.529. The number of nitrogens with one attached hydrogen (secondary N) is 2. The first-order valence-corrected chi connectivity index (χ1v) is 15.2. The summed E-state index contributed by atoms with van der Waals surface area (Å²) >= 11 is 0. The van der Waals surface area contributed by atoms with Gasteiger partial charge in [0.2, 0.25) is 11.8 Å². The number of aryl methyl sites for hydroxylation is 4. The number of primary amides is 1. The number of nitrogens with two attached hydrogens (primary N) is 1. The molecule has 0 spiro atoms. The van der Waals surface area contributed by atoms with Gasteiger partial charge in [-0.3, -0.25) is 14.4 Å². The first-order chi connectivity index (χ1) is 20.1. The Labute approximate surface area is 256 Å². The van der Waals surface area contributed by atoms with E-state index in [9.17, 15) is 19.2 Å². The molecule has 0 fully saturated rings. The van der Waals surface area contributed by atoms with Crippen molar-refractivity contribution in [1.29, 1.82) is 0 Å². The maximum atomic E-state index is 14.4. The van der Waals surface area contributed by atoms with Crippen LogP contribution < -0.4 is 16.4 Å². The lowest BCUT2D eigenvalue weighted by atomic mass is 9.95. The highest BCUT2D eigenvalue weighted by Gasteiger charge is 2.37. The van der Waals surface area contributed by atoms with Crippen molar-refractivity contribution in [3.63, 3.8) is 0 Å². The summed E-state index contributed by atoms with van der Waals surface area (Å²) in [4.78, 5) is 54.8. The van der Waals surface area contributed by atoms with Gasteiger partial charge in [0.1, 0.15) is 17.7 Å². The van der Waals surface area contributed by atoms with E-state index >= 15 is 0 Å². The molecule has 2 aromatic carbocycles. The maximum Gasteiger partial charge on any atom is 0.408 e. The van der Waals surface area contributed by atoms with Gasteiger partial charge >= 0.3 is 6.09 Å². The Morgan fingerprint density at radius 2 is 1.58 bits per heavy atom. The molecule has 4 N–H and O–H groups in total. The molecule has 0 saturated heterocycles. The molecule has 0 saturated carbocycles. The van der Waals surface area contributed by atoms with Crippen LogP contribution in [0.25, 0.3) is 0 Å². The zero-order valence-corrected chi connectivity index (χ0v) is 27.1. The van der Waals surface area contributed by atoms with Crippen molar-refractivity contribution >= 4 is 29.5 Å². The smallest absolute Gasteiger partial charge is 0.408 e. The molecule has 0 aliphatic carbocycles. The van der Waals surface area contributed by atoms with E-state index < -0.39 is 35.6 Å². The SMILES string of the molecule is CCCCCCN(C(=O)C(CCC(N)=O)NC(=O)OC(C)(C)C)C(C(=O)Nc1c(C)cccc1C)c1ccc(C)cc1C. The van der Waals surface area contributed by atoms with Crippen molar-refractivity contribution in [2.75, 3.05) is 11.9 Å². The van der Waals surface area contributed by atoms with E-state index in [0.717, 1.165) is 41.5 Å². The molecular formula is C34H50N4O5. The summed E-state index contributed by atoms with van der Waals surface area (Å²) in [5.41, 5.74) is 9.71. The number of para-hydroxylation sites is 1. The Morgan fingerprint density at radius 1 is 0.930 bits per heavy atom. The van der Waals surface area contributed by atoms with Gasteiger partial charge in [0.05, 0.1) is 0 Å². The number of benzene rings is 2. The van der Waals surface area contributed by atoms with E-state index in [1.165, 1.54) is 0 Å². The molecule has 0 aliphatic heterocycles. The molecule has 2 unspecified atom stereocenters. The number of anilines is 1.